The number of aryl methyl sites for hydroxylation is 1. The van der Waals surface area contributed by atoms with Crippen molar-refractivity contribution < 1.29 is 22.7 Å². The number of carbonyl (C=O) groups excluding carboxylic acids is 1. The van der Waals surface area contributed by atoms with Gasteiger partial charge >= 0.3 is 12.1 Å². The van der Waals surface area contributed by atoms with Crippen LogP contribution in [0.1, 0.15) is 30.7 Å². The van der Waals surface area contributed by atoms with Crippen molar-refractivity contribution >= 4 is 29.5 Å². The monoisotopic (exact) mass is 479 g/mol. The quantitative estimate of drug-likeness (QED) is 0.271. The number of ether oxygens (including phenoxy) is 1. The van der Waals surface area contributed by atoms with Crippen LogP contribution in [0.5, 0.6) is 0 Å². The van der Waals surface area contributed by atoms with E-state index in [1.165, 1.54) is 22.9 Å². The number of anilines is 1. The number of carbonyl (C=O) groups is 1. The molecule has 7 nitrogen and oxygen atoms in total. The third kappa shape index (κ3) is 6.32. The fourth-order valence-electron chi connectivity index (χ4n) is 2.96. The number of alkyl halides is 3. The topological polar surface area (TPSA) is 81.9 Å². The van der Waals surface area contributed by atoms with Gasteiger partial charge in [-0.05, 0) is 37.1 Å². The summed E-state index contributed by atoms with van der Waals surface area (Å²) in [5.74, 6) is 0.169. The predicted molar refractivity (Wildman–Crippen MR) is 118 cm³/mol. The maximum absolute atomic E-state index is 13.0. The average molecular weight is 480 g/mol. The lowest BCUT2D eigenvalue weighted by atomic mass is 10.1. The van der Waals surface area contributed by atoms with Crippen molar-refractivity contribution in [1.82, 2.24) is 19.5 Å². The summed E-state index contributed by atoms with van der Waals surface area (Å²) in [6.07, 6.45) is 0.759. The smallest absolute Gasteiger partial charge is 0.434 e. The number of nitrogens with one attached hydrogen (secondary N) is 1. The second-order valence-corrected chi connectivity index (χ2v) is 7.15. The highest BCUT2D eigenvalue weighted by Crippen LogP contribution is 2.31. The summed E-state index contributed by atoms with van der Waals surface area (Å²) in [5, 5.41) is 3.16. The Labute approximate surface area is 193 Å². The van der Waals surface area contributed by atoms with E-state index in [0.717, 1.165) is 11.8 Å². The highest BCUT2D eigenvalue weighted by atomic mass is 35.5. The molecule has 1 aromatic carbocycles. The summed E-state index contributed by atoms with van der Waals surface area (Å²) in [7, 11) is 0. The minimum atomic E-state index is -4.50. The Morgan fingerprint density at radius 1 is 1.21 bits per heavy atom. The molecule has 0 aliphatic heterocycles. The van der Waals surface area contributed by atoms with Crippen molar-refractivity contribution in [3.05, 3.63) is 64.8 Å². The molecule has 174 valence electrons. The van der Waals surface area contributed by atoms with E-state index in [0.29, 0.717) is 30.0 Å². The van der Waals surface area contributed by atoms with E-state index in [4.69, 9.17) is 16.3 Å². The molecule has 0 amide bonds. The molecule has 0 saturated heterocycles. The van der Waals surface area contributed by atoms with Gasteiger partial charge in [-0.1, -0.05) is 24.3 Å². The number of hydrogen-bond donors (Lipinski definition) is 1. The van der Waals surface area contributed by atoms with Crippen LogP contribution in [0.15, 0.2) is 42.7 Å². The van der Waals surface area contributed by atoms with Crippen LogP contribution in [0.3, 0.4) is 0 Å². The first-order valence-corrected chi connectivity index (χ1v) is 10.4. The van der Waals surface area contributed by atoms with Crippen LogP contribution >= 0.6 is 11.6 Å². The van der Waals surface area contributed by atoms with Crippen LogP contribution in [0, 0.1) is 0 Å². The Bertz CT molecular complexity index is 1140. The van der Waals surface area contributed by atoms with Crippen LogP contribution in [-0.4, -0.2) is 32.1 Å². The Morgan fingerprint density at radius 3 is 2.58 bits per heavy atom. The van der Waals surface area contributed by atoms with Crippen LogP contribution in [0.25, 0.3) is 17.5 Å². The van der Waals surface area contributed by atoms with E-state index < -0.39 is 17.8 Å². The average Bonchev–Trinajstić information content (AvgIpc) is 3.23. The second kappa shape index (κ2) is 10.5. The molecule has 2 heterocycles. The van der Waals surface area contributed by atoms with Crippen LogP contribution in [-0.2, 0) is 28.8 Å². The van der Waals surface area contributed by atoms with Gasteiger partial charge in [-0.2, -0.15) is 13.2 Å². The lowest BCUT2D eigenvalue weighted by molar-refractivity contribution is -0.141. The van der Waals surface area contributed by atoms with Crippen molar-refractivity contribution in [2.75, 3.05) is 11.9 Å². The van der Waals surface area contributed by atoms with E-state index in [9.17, 15) is 18.0 Å². The van der Waals surface area contributed by atoms with Gasteiger partial charge in [-0.25, -0.2) is 19.7 Å². The fourth-order valence-corrected chi connectivity index (χ4v) is 3.10. The first-order valence-electron chi connectivity index (χ1n) is 10.1. The van der Waals surface area contributed by atoms with Crippen LogP contribution in [0.4, 0.5) is 19.0 Å². The summed E-state index contributed by atoms with van der Waals surface area (Å²) in [4.78, 5) is 23.4. The van der Waals surface area contributed by atoms with Gasteiger partial charge in [0.2, 0.25) is 5.28 Å². The van der Waals surface area contributed by atoms with E-state index in [-0.39, 0.29) is 17.7 Å². The van der Waals surface area contributed by atoms with Gasteiger partial charge in [0.25, 0.3) is 0 Å². The molecule has 0 atom stereocenters. The van der Waals surface area contributed by atoms with Gasteiger partial charge in [0, 0.05) is 42.7 Å². The first-order chi connectivity index (χ1) is 15.7. The van der Waals surface area contributed by atoms with Crippen molar-refractivity contribution in [3.8, 4) is 11.4 Å². The molecule has 2 aromatic heterocycles. The molecule has 0 aliphatic rings. The second-order valence-electron chi connectivity index (χ2n) is 6.81. The Morgan fingerprint density at radius 2 is 1.94 bits per heavy atom. The van der Waals surface area contributed by atoms with Gasteiger partial charge in [0.05, 0.1) is 6.61 Å². The van der Waals surface area contributed by atoms with Gasteiger partial charge in [0.1, 0.15) is 11.6 Å². The Kier molecular flexibility index (Phi) is 7.70. The number of rotatable bonds is 8. The van der Waals surface area contributed by atoms with Crippen molar-refractivity contribution in [3.63, 3.8) is 0 Å². The van der Waals surface area contributed by atoms with E-state index in [2.05, 4.69) is 20.3 Å². The third-order valence-corrected chi connectivity index (χ3v) is 4.74. The molecular weight excluding hydrogens is 459 g/mol. The lowest BCUT2D eigenvalue weighted by Gasteiger charge is -2.10. The molecule has 1 N–H and O–H groups in total. The van der Waals surface area contributed by atoms with E-state index >= 15 is 0 Å². The van der Waals surface area contributed by atoms with Gasteiger partial charge in [-0.3, -0.25) is 0 Å². The summed E-state index contributed by atoms with van der Waals surface area (Å²) in [5.41, 5.74) is 1.03. The van der Waals surface area contributed by atoms with E-state index in [1.54, 1.807) is 38.1 Å². The normalized spacial score (nSPS) is 11.7. The largest absolute Gasteiger partial charge is 0.463 e. The summed E-state index contributed by atoms with van der Waals surface area (Å²) < 4.78 is 45.4. The number of aromatic nitrogens is 4. The highest BCUT2D eigenvalue weighted by molar-refractivity contribution is 6.28. The number of imidazole rings is 1. The zero-order chi connectivity index (χ0) is 24.0. The number of esters is 1. The fraction of sp³-hybridized carbons (Fsp3) is 0.273. The third-order valence-electron chi connectivity index (χ3n) is 4.55. The summed E-state index contributed by atoms with van der Waals surface area (Å²) >= 11 is 5.89. The maximum Gasteiger partial charge on any atom is 0.434 e. The SMILES string of the molecule is CCOC(=O)/C=C/c1cnc(Cl)nc1NCc1ccc(-c2nc(C(F)(F)F)cn2CC)cc1. The molecule has 0 radical (unpaired) electrons. The molecule has 0 fully saturated rings. The van der Waals surface area contributed by atoms with Gasteiger partial charge < -0.3 is 14.6 Å². The lowest BCUT2D eigenvalue weighted by Crippen LogP contribution is -2.05. The van der Waals surface area contributed by atoms with Crippen LogP contribution in [0.2, 0.25) is 5.28 Å². The number of benzene rings is 1. The van der Waals surface area contributed by atoms with Crippen molar-refractivity contribution in [2.24, 2.45) is 0 Å². The van der Waals surface area contributed by atoms with Gasteiger partial charge in [0.15, 0.2) is 5.69 Å². The first kappa shape index (κ1) is 24.2. The maximum atomic E-state index is 13.0. The minimum absolute atomic E-state index is 0.0352. The summed E-state index contributed by atoms with van der Waals surface area (Å²) in [6, 6.07) is 6.97. The Hall–Kier alpha value is -3.40. The van der Waals surface area contributed by atoms with Crippen molar-refractivity contribution in [1.29, 1.82) is 0 Å². The van der Waals surface area contributed by atoms with Crippen molar-refractivity contribution in [2.45, 2.75) is 33.1 Å². The molecule has 0 spiro atoms. The standard InChI is InChI=1S/C22H21ClF3N5O2/c1-3-31-13-17(22(24,25)26)29-20(31)15-7-5-14(6-8-15)11-27-19-16(12-28-21(23)30-19)9-10-18(32)33-4-2/h5-10,12-13H,3-4,11H2,1-2H3,(H,27,28,30)/b10-9+. The summed E-state index contributed by atoms with van der Waals surface area (Å²) in [6.45, 7) is 4.43. The molecule has 33 heavy (non-hydrogen) atoms. The molecule has 0 aliphatic carbocycles. The molecule has 11 heteroatoms. The minimum Gasteiger partial charge on any atom is -0.463 e. The predicted octanol–water partition coefficient (Wildman–Crippen LogP) is 5.22. The zero-order valence-corrected chi connectivity index (χ0v) is 18.6. The molecule has 0 bridgehead atoms. The molecule has 3 aromatic rings. The highest BCUT2D eigenvalue weighted by Gasteiger charge is 2.34. The Balaban J connectivity index is 1.75. The van der Waals surface area contributed by atoms with Gasteiger partial charge in [-0.15, -0.1) is 0 Å². The molecule has 3 rings (SSSR count). The zero-order valence-electron chi connectivity index (χ0n) is 17.9. The molecule has 0 saturated carbocycles. The van der Waals surface area contributed by atoms with Crippen LogP contribution < -0.4 is 5.32 Å². The van der Waals surface area contributed by atoms with E-state index in [1.807, 2.05) is 0 Å². The molecular formula is C22H21ClF3N5O2. The number of hydrogen-bond acceptors (Lipinski definition) is 6. The number of halogens is 4. The number of nitrogens with zero attached hydrogens (tertiary/aromatic N) is 4. The molecule has 0 unspecified atom stereocenters.